The van der Waals surface area contributed by atoms with Crippen LogP contribution in [0.5, 0.6) is 0 Å². The van der Waals surface area contributed by atoms with E-state index in [2.05, 4.69) is 20.9 Å². The van der Waals surface area contributed by atoms with Gasteiger partial charge in [-0.2, -0.15) is 0 Å². The van der Waals surface area contributed by atoms with Crippen molar-refractivity contribution in [3.63, 3.8) is 0 Å². The normalized spacial score (nSPS) is 10.2. The van der Waals surface area contributed by atoms with Crippen LogP contribution in [0.1, 0.15) is 5.56 Å². The molecular formula is C10H9BrN4. The molecule has 2 aromatic rings. The molecule has 4 nitrogen and oxygen atoms in total. The quantitative estimate of drug-likeness (QED) is 0.643. The van der Waals surface area contributed by atoms with Crippen molar-refractivity contribution in [1.82, 2.24) is 9.55 Å². The monoisotopic (exact) mass is 264 g/mol. The molecule has 2 rings (SSSR count). The van der Waals surface area contributed by atoms with Crippen LogP contribution in [-0.2, 0) is 0 Å². The Kier molecular flexibility index (Phi) is 2.55. The third-order valence-electron chi connectivity index (χ3n) is 2.04. The molecule has 76 valence electrons. The number of nitrogens with zero attached hydrogens (tertiary/aromatic N) is 2. The lowest BCUT2D eigenvalue weighted by Gasteiger charge is -2.10. The van der Waals surface area contributed by atoms with Crippen molar-refractivity contribution in [2.75, 3.05) is 0 Å². The fourth-order valence-corrected chi connectivity index (χ4v) is 1.97. The van der Waals surface area contributed by atoms with Gasteiger partial charge >= 0.3 is 0 Å². The highest BCUT2D eigenvalue weighted by molar-refractivity contribution is 9.10. The summed E-state index contributed by atoms with van der Waals surface area (Å²) < 4.78 is 2.63. The summed E-state index contributed by atoms with van der Waals surface area (Å²) in [6.45, 7) is 0. The molecule has 15 heavy (non-hydrogen) atoms. The van der Waals surface area contributed by atoms with Crippen LogP contribution in [0.3, 0.4) is 0 Å². The van der Waals surface area contributed by atoms with Gasteiger partial charge in [-0.05, 0) is 28.1 Å². The van der Waals surface area contributed by atoms with Gasteiger partial charge in [0, 0.05) is 16.9 Å². The molecule has 0 aliphatic carbocycles. The van der Waals surface area contributed by atoms with E-state index < -0.39 is 0 Å². The maximum Gasteiger partial charge on any atom is 0.126 e. The van der Waals surface area contributed by atoms with Gasteiger partial charge < -0.3 is 10.3 Å². The molecule has 0 aliphatic heterocycles. The minimum Gasteiger partial charge on any atom is -0.384 e. The first-order valence-corrected chi connectivity index (χ1v) is 5.10. The zero-order chi connectivity index (χ0) is 10.8. The number of aromatic nitrogens is 2. The van der Waals surface area contributed by atoms with Crippen LogP contribution in [0.25, 0.3) is 5.69 Å². The molecule has 0 unspecified atom stereocenters. The maximum absolute atomic E-state index is 7.53. The number of nitrogen functional groups attached to an aromatic ring is 1. The standard InChI is InChI=1S/C10H9BrN4/c11-7-2-1-3-8(9(7)10(12)13)15-5-4-14-6-15/h1-6H,(H3,12,13). The predicted molar refractivity (Wildman–Crippen MR) is 62.3 cm³/mol. The molecule has 3 N–H and O–H groups in total. The Hall–Kier alpha value is -1.62. The van der Waals surface area contributed by atoms with Crippen LogP contribution < -0.4 is 5.73 Å². The molecule has 5 heteroatoms. The molecule has 0 spiro atoms. The van der Waals surface area contributed by atoms with Crippen molar-refractivity contribution in [1.29, 1.82) is 5.41 Å². The first-order valence-electron chi connectivity index (χ1n) is 4.31. The summed E-state index contributed by atoms with van der Waals surface area (Å²) in [5.41, 5.74) is 7.06. The van der Waals surface area contributed by atoms with E-state index in [1.165, 1.54) is 0 Å². The van der Waals surface area contributed by atoms with Gasteiger partial charge in [0.25, 0.3) is 0 Å². The van der Waals surface area contributed by atoms with E-state index in [0.717, 1.165) is 10.2 Å². The second-order valence-corrected chi connectivity index (χ2v) is 3.87. The second-order valence-electron chi connectivity index (χ2n) is 3.02. The Morgan fingerprint density at radius 2 is 2.27 bits per heavy atom. The summed E-state index contributed by atoms with van der Waals surface area (Å²) in [7, 11) is 0. The van der Waals surface area contributed by atoms with Gasteiger partial charge in [-0.25, -0.2) is 4.98 Å². The lowest BCUT2D eigenvalue weighted by atomic mass is 10.1. The molecule has 0 atom stereocenters. The van der Waals surface area contributed by atoms with Crippen LogP contribution in [0, 0.1) is 5.41 Å². The van der Waals surface area contributed by atoms with Crippen LogP contribution in [0.15, 0.2) is 41.4 Å². The zero-order valence-electron chi connectivity index (χ0n) is 7.81. The van der Waals surface area contributed by atoms with Crippen molar-refractivity contribution in [2.45, 2.75) is 0 Å². The van der Waals surface area contributed by atoms with E-state index in [0.29, 0.717) is 5.56 Å². The number of hydrogen-bond donors (Lipinski definition) is 2. The van der Waals surface area contributed by atoms with E-state index >= 15 is 0 Å². The van der Waals surface area contributed by atoms with Gasteiger partial charge in [0.05, 0.1) is 17.6 Å². The van der Waals surface area contributed by atoms with E-state index in [4.69, 9.17) is 11.1 Å². The smallest absolute Gasteiger partial charge is 0.126 e. The number of halogens is 1. The third kappa shape index (κ3) is 1.78. The van der Waals surface area contributed by atoms with Gasteiger partial charge in [0.2, 0.25) is 0 Å². The topological polar surface area (TPSA) is 67.7 Å². The Balaban J connectivity index is 2.66. The molecule has 0 fully saturated rings. The summed E-state index contributed by atoms with van der Waals surface area (Å²) in [6.07, 6.45) is 5.17. The highest BCUT2D eigenvalue weighted by Crippen LogP contribution is 2.22. The molecule has 0 radical (unpaired) electrons. The van der Waals surface area contributed by atoms with Crippen LogP contribution in [-0.4, -0.2) is 15.4 Å². The number of rotatable bonds is 2. The van der Waals surface area contributed by atoms with Crippen LogP contribution in [0.4, 0.5) is 0 Å². The number of nitrogens with one attached hydrogen (secondary N) is 1. The number of hydrogen-bond acceptors (Lipinski definition) is 2. The molecule has 1 heterocycles. The van der Waals surface area contributed by atoms with Gasteiger partial charge in [-0.15, -0.1) is 0 Å². The highest BCUT2D eigenvalue weighted by Gasteiger charge is 2.10. The van der Waals surface area contributed by atoms with E-state index in [1.807, 2.05) is 29.0 Å². The minimum atomic E-state index is 0.0335. The van der Waals surface area contributed by atoms with Gasteiger partial charge in [0.1, 0.15) is 5.84 Å². The van der Waals surface area contributed by atoms with Crippen LogP contribution in [0.2, 0.25) is 0 Å². The van der Waals surface area contributed by atoms with E-state index in [1.54, 1.807) is 12.5 Å². The minimum absolute atomic E-state index is 0.0335. The molecule has 1 aromatic heterocycles. The van der Waals surface area contributed by atoms with E-state index in [9.17, 15) is 0 Å². The SMILES string of the molecule is N=C(N)c1c(Br)cccc1-n1ccnc1. The predicted octanol–water partition coefficient (Wildman–Crippen LogP) is 1.92. The zero-order valence-corrected chi connectivity index (χ0v) is 9.40. The molecule has 0 aliphatic rings. The third-order valence-corrected chi connectivity index (χ3v) is 2.70. The lowest BCUT2D eigenvalue weighted by Crippen LogP contribution is -2.15. The van der Waals surface area contributed by atoms with Crippen molar-refractivity contribution in [2.24, 2.45) is 5.73 Å². The average Bonchev–Trinajstić information content (AvgIpc) is 2.69. The van der Waals surface area contributed by atoms with Crippen molar-refractivity contribution in [3.8, 4) is 5.69 Å². The Morgan fingerprint density at radius 1 is 1.47 bits per heavy atom. The molecule has 0 saturated carbocycles. The van der Waals surface area contributed by atoms with Crippen molar-refractivity contribution in [3.05, 3.63) is 47.0 Å². The molecule has 0 bridgehead atoms. The number of nitrogens with two attached hydrogens (primary N) is 1. The molecule has 0 saturated heterocycles. The number of imidazole rings is 1. The maximum atomic E-state index is 7.53. The summed E-state index contributed by atoms with van der Waals surface area (Å²) in [5, 5.41) is 7.53. The van der Waals surface area contributed by atoms with Gasteiger partial charge in [-0.1, -0.05) is 6.07 Å². The van der Waals surface area contributed by atoms with Gasteiger partial charge in [0.15, 0.2) is 0 Å². The molecular weight excluding hydrogens is 256 g/mol. The Bertz CT molecular complexity index is 490. The van der Waals surface area contributed by atoms with E-state index in [-0.39, 0.29) is 5.84 Å². The summed E-state index contributed by atoms with van der Waals surface area (Å²) in [5.74, 6) is 0.0335. The Labute approximate surface area is 95.4 Å². The highest BCUT2D eigenvalue weighted by atomic mass is 79.9. The molecule has 0 amide bonds. The number of amidine groups is 1. The first-order chi connectivity index (χ1) is 7.20. The Morgan fingerprint density at radius 3 is 2.87 bits per heavy atom. The van der Waals surface area contributed by atoms with Crippen LogP contribution >= 0.6 is 15.9 Å². The number of benzene rings is 1. The summed E-state index contributed by atoms with van der Waals surface area (Å²) in [6, 6.07) is 5.65. The second kappa shape index (κ2) is 3.86. The lowest BCUT2D eigenvalue weighted by molar-refractivity contribution is 1.05. The fraction of sp³-hybridized carbons (Fsp3) is 0. The average molecular weight is 265 g/mol. The first kappa shape index (κ1) is 9.92. The van der Waals surface area contributed by atoms with Crippen molar-refractivity contribution >= 4 is 21.8 Å². The molecule has 1 aromatic carbocycles. The fourth-order valence-electron chi connectivity index (χ4n) is 1.40. The largest absolute Gasteiger partial charge is 0.384 e. The summed E-state index contributed by atoms with van der Waals surface area (Å²) >= 11 is 3.38. The van der Waals surface area contributed by atoms with Gasteiger partial charge in [-0.3, -0.25) is 5.41 Å². The van der Waals surface area contributed by atoms with Crippen molar-refractivity contribution < 1.29 is 0 Å². The summed E-state index contributed by atoms with van der Waals surface area (Å²) in [4.78, 5) is 3.97.